The summed E-state index contributed by atoms with van der Waals surface area (Å²) >= 11 is 11.8. The van der Waals surface area contributed by atoms with Crippen molar-refractivity contribution in [1.29, 1.82) is 0 Å². The Labute approximate surface area is 123 Å². The minimum Gasteiger partial charge on any atom is -0.399 e. The first-order chi connectivity index (χ1) is 8.97. The van der Waals surface area contributed by atoms with E-state index in [1.165, 1.54) is 0 Å². The van der Waals surface area contributed by atoms with Gasteiger partial charge in [0.1, 0.15) is 11.0 Å². The van der Waals surface area contributed by atoms with E-state index in [9.17, 15) is 0 Å². The first kappa shape index (κ1) is 14.0. The summed E-state index contributed by atoms with van der Waals surface area (Å²) in [6.07, 6.45) is 0. The predicted octanol–water partition coefficient (Wildman–Crippen LogP) is 4.17. The molecule has 1 aromatic carbocycles. The minimum absolute atomic E-state index is 0.141. The van der Waals surface area contributed by atoms with Gasteiger partial charge in [-0.2, -0.15) is 0 Å². The molecule has 0 amide bonds. The van der Waals surface area contributed by atoms with Crippen molar-refractivity contribution in [2.45, 2.75) is 13.0 Å². The maximum atomic E-state index is 5.93. The smallest absolute Gasteiger partial charge is 0.133 e. The molecule has 0 radical (unpaired) electrons. The zero-order chi connectivity index (χ0) is 14.0. The van der Waals surface area contributed by atoms with Gasteiger partial charge in [-0.15, -0.1) is 0 Å². The lowest BCUT2D eigenvalue weighted by atomic mass is 10.1. The van der Waals surface area contributed by atoms with Gasteiger partial charge in [-0.3, -0.25) is 0 Å². The number of anilines is 2. The number of hydrogen-bond donors (Lipinski definition) is 1. The summed E-state index contributed by atoms with van der Waals surface area (Å²) in [4.78, 5) is 6.30. The molecule has 2 rings (SSSR count). The fourth-order valence-corrected chi connectivity index (χ4v) is 2.18. The average Bonchev–Trinajstić information content (AvgIpc) is 2.37. The second kappa shape index (κ2) is 5.68. The number of halogens is 2. The molecule has 0 fully saturated rings. The van der Waals surface area contributed by atoms with Crippen LogP contribution in [0.25, 0.3) is 0 Å². The van der Waals surface area contributed by atoms with E-state index in [2.05, 4.69) is 11.9 Å². The fraction of sp³-hybridized carbons (Fsp3) is 0.214. The van der Waals surface area contributed by atoms with Crippen LogP contribution in [0, 0.1) is 0 Å². The molecule has 19 heavy (non-hydrogen) atoms. The highest BCUT2D eigenvalue weighted by Gasteiger charge is 2.14. The third-order valence-electron chi connectivity index (χ3n) is 3.10. The second-order valence-corrected chi connectivity index (χ2v) is 5.24. The van der Waals surface area contributed by atoms with Crippen molar-refractivity contribution in [3.8, 4) is 0 Å². The molecule has 0 aliphatic rings. The third kappa shape index (κ3) is 3.31. The van der Waals surface area contributed by atoms with Crippen LogP contribution in [0.2, 0.25) is 10.2 Å². The van der Waals surface area contributed by atoms with Crippen molar-refractivity contribution in [2.75, 3.05) is 17.7 Å². The molecule has 0 saturated carbocycles. The molecule has 2 N–H and O–H groups in total. The van der Waals surface area contributed by atoms with Crippen LogP contribution < -0.4 is 10.6 Å². The molecule has 0 aliphatic heterocycles. The second-order valence-electron chi connectivity index (χ2n) is 4.42. The van der Waals surface area contributed by atoms with Crippen LogP contribution in [0.1, 0.15) is 18.5 Å². The van der Waals surface area contributed by atoms with Crippen molar-refractivity contribution in [1.82, 2.24) is 4.98 Å². The molecule has 1 unspecified atom stereocenters. The molecule has 5 heteroatoms. The average molecular weight is 296 g/mol. The van der Waals surface area contributed by atoms with Gasteiger partial charge in [-0.05, 0) is 30.7 Å². The lowest BCUT2D eigenvalue weighted by Crippen LogP contribution is -2.22. The summed E-state index contributed by atoms with van der Waals surface area (Å²) < 4.78 is 0. The largest absolute Gasteiger partial charge is 0.399 e. The maximum Gasteiger partial charge on any atom is 0.133 e. The van der Waals surface area contributed by atoms with Gasteiger partial charge < -0.3 is 10.6 Å². The van der Waals surface area contributed by atoms with Gasteiger partial charge >= 0.3 is 0 Å². The molecule has 1 heterocycles. The Balaban J connectivity index is 2.27. The number of benzene rings is 1. The molecule has 100 valence electrons. The highest BCUT2D eigenvalue weighted by molar-refractivity contribution is 6.30. The van der Waals surface area contributed by atoms with E-state index >= 15 is 0 Å². The van der Waals surface area contributed by atoms with Crippen molar-refractivity contribution in [2.24, 2.45) is 0 Å². The van der Waals surface area contributed by atoms with Gasteiger partial charge in [-0.25, -0.2) is 4.98 Å². The number of rotatable bonds is 3. The zero-order valence-corrected chi connectivity index (χ0v) is 12.3. The Morgan fingerprint density at radius 3 is 2.37 bits per heavy atom. The number of pyridine rings is 1. The van der Waals surface area contributed by atoms with Gasteiger partial charge in [0.25, 0.3) is 0 Å². The number of nitrogen functional groups attached to an aromatic ring is 1. The molecule has 0 spiro atoms. The standard InChI is InChI=1S/C14H15Cl2N3/c1-9(10-3-5-11(15)6-4-10)19(2)14-8-12(17)7-13(16)18-14/h3-9H,1-2H3,(H2,17,18). The first-order valence-electron chi connectivity index (χ1n) is 5.88. The molecule has 2 aromatic rings. The molecule has 1 aromatic heterocycles. The first-order valence-corrected chi connectivity index (χ1v) is 6.64. The Bertz CT molecular complexity index is 549. The zero-order valence-electron chi connectivity index (χ0n) is 10.8. The van der Waals surface area contributed by atoms with Crippen molar-refractivity contribution < 1.29 is 0 Å². The van der Waals surface area contributed by atoms with Crippen LogP contribution in [-0.2, 0) is 0 Å². The Kier molecular flexibility index (Phi) is 4.17. The fourth-order valence-electron chi connectivity index (χ4n) is 1.85. The summed E-state index contributed by atoms with van der Waals surface area (Å²) in [5.41, 5.74) is 7.53. The van der Waals surface area contributed by atoms with Crippen LogP contribution >= 0.6 is 23.2 Å². The Morgan fingerprint density at radius 2 is 1.79 bits per heavy atom. The normalized spacial score (nSPS) is 12.2. The van der Waals surface area contributed by atoms with Gasteiger partial charge in [0, 0.05) is 23.8 Å². The third-order valence-corrected chi connectivity index (χ3v) is 3.54. The van der Waals surface area contributed by atoms with Gasteiger partial charge in [0.2, 0.25) is 0 Å². The maximum absolute atomic E-state index is 5.93. The van der Waals surface area contributed by atoms with E-state index in [0.717, 1.165) is 16.4 Å². The summed E-state index contributed by atoms with van der Waals surface area (Å²) in [5, 5.41) is 1.12. The molecule has 0 aliphatic carbocycles. The lowest BCUT2D eigenvalue weighted by Gasteiger charge is -2.26. The van der Waals surface area contributed by atoms with Crippen molar-refractivity contribution in [3.05, 3.63) is 52.1 Å². The molecule has 3 nitrogen and oxygen atoms in total. The van der Waals surface area contributed by atoms with E-state index in [1.807, 2.05) is 36.2 Å². The quantitative estimate of drug-likeness (QED) is 0.864. The summed E-state index contributed by atoms with van der Waals surface area (Å²) in [5.74, 6) is 0.743. The Morgan fingerprint density at radius 1 is 1.16 bits per heavy atom. The highest BCUT2D eigenvalue weighted by Crippen LogP contribution is 2.27. The molecular weight excluding hydrogens is 281 g/mol. The number of nitrogens with two attached hydrogens (primary N) is 1. The van der Waals surface area contributed by atoms with E-state index in [-0.39, 0.29) is 6.04 Å². The number of nitrogens with zero attached hydrogens (tertiary/aromatic N) is 2. The summed E-state index contributed by atoms with van der Waals surface area (Å²) in [7, 11) is 1.96. The monoisotopic (exact) mass is 295 g/mol. The highest BCUT2D eigenvalue weighted by atomic mass is 35.5. The van der Waals surface area contributed by atoms with Gasteiger partial charge in [-0.1, -0.05) is 35.3 Å². The van der Waals surface area contributed by atoms with Crippen LogP contribution in [-0.4, -0.2) is 12.0 Å². The van der Waals surface area contributed by atoms with E-state index < -0.39 is 0 Å². The molecule has 1 atom stereocenters. The van der Waals surface area contributed by atoms with E-state index in [4.69, 9.17) is 28.9 Å². The number of hydrogen-bond acceptors (Lipinski definition) is 3. The van der Waals surface area contributed by atoms with Crippen LogP contribution in [0.3, 0.4) is 0 Å². The molecule has 0 saturated heterocycles. The van der Waals surface area contributed by atoms with E-state index in [1.54, 1.807) is 12.1 Å². The van der Waals surface area contributed by atoms with Crippen molar-refractivity contribution >= 4 is 34.7 Å². The SMILES string of the molecule is CC(c1ccc(Cl)cc1)N(C)c1cc(N)cc(Cl)n1. The Hall–Kier alpha value is -1.45. The van der Waals surface area contributed by atoms with Crippen molar-refractivity contribution in [3.63, 3.8) is 0 Å². The molecule has 0 bridgehead atoms. The lowest BCUT2D eigenvalue weighted by molar-refractivity contribution is 0.729. The summed E-state index contributed by atoms with van der Waals surface area (Å²) in [6.45, 7) is 2.09. The molecular formula is C14H15Cl2N3. The van der Waals surface area contributed by atoms with Gasteiger partial charge in [0.15, 0.2) is 0 Å². The minimum atomic E-state index is 0.141. The number of aromatic nitrogens is 1. The van der Waals surface area contributed by atoms with Crippen LogP contribution in [0.15, 0.2) is 36.4 Å². The van der Waals surface area contributed by atoms with Crippen LogP contribution in [0.5, 0.6) is 0 Å². The van der Waals surface area contributed by atoms with E-state index in [0.29, 0.717) is 10.8 Å². The van der Waals surface area contributed by atoms with Gasteiger partial charge in [0.05, 0.1) is 6.04 Å². The summed E-state index contributed by atoms with van der Waals surface area (Å²) in [6, 6.07) is 11.3. The van der Waals surface area contributed by atoms with Crippen LogP contribution in [0.4, 0.5) is 11.5 Å². The topological polar surface area (TPSA) is 42.1 Å². The predicted molar refractivity (Wildman–Crippen MR) is 81.9 cm³/mol.